The lowest BCUT2D eigenvalue weighted by atomic mass is 10.2. The van der Waals surface area contributed by atoms with Gasteiger partial charge in [-0.05, 0) is 18.1 Å². The van der Waals surface area contributed by atoms with Gasteiger partial charge in [0, 0.05) is 25.9 Å². The van der Waals surface area contributed by atoms with E-state index in [0.29, 0.717) is 5.92 Å². The molecule has 0 aromatic carbocycles. The normalized spacial score (nSPS) is 10.9. The average Bonchev–Trinajstić information content (AvgIpc) is 2.24. The number of aromatic nitrogens is 2. The molecule has 1 aromatic rings. The molecule has 0 spiro atoms. The van der Waals surface area contributed by atoms with Crippen LogP contribution in [-0.2, 0) is 11.3 Å². The van der Waals surface area contributed by atoms with Gasteiger partial charge in [0.05, 0.1) is 12.3 Å². The number of ether oxygens (including phenoxy) is 1. The largest absolute Gasteiger partial charge is 0.380 e. The first kappa shape index (κ1) is 12.1. The van der Waals surface area contributed by atoms with E-state index in [0.717, 1.165) is 32.0 Å². The molecule has 1 rings (SSSR count). The molecule has 0 aliphatic heterocycles. The standard InChI is InChI=1S/C11H19N3O/c1-10(2)9-15-7-6-12-8-11-4-3-5-13-14-11/h3-5,10,12H,6-9H2,1-2H3. The predicted octanol–water partition coefficient (Wildman–Crippen LogP) is 1.24. The number of nitrogens with one attached hydrogen (secondary N) is 1. The fourth-order valence-corrected chi connectivity index (χ4v) is 1.11. The highest BCUT2D eigenvalue weighted by Crippen LogP contribution is 1.92. The Kier molecular flexibility index (Phi) is 5.88. The number of rotatable bonds is 7. The average molecular weight is 209 g/mol. The summed E-state index contributed by atoms with van der Waals surface area (Å²) in [4.78, 5) is 0. The van der Waals surface area contributed by atoms with E-state index in [1.807, 2.05) is 12.1 Å². The summed E-state index contributed by atoms with van der Waals surface area (Å²) >= 11 is 0. The van der Waals surface area contributed by atoms with Crippen LogP contribution < -0.4 is 5.32 Å². The Morgan fingerprint density at radius 1 is 1.47 bits per heavy atom. The molecule has 0 aliphatic carbocycles. The lowest BCUT2D eigenvalue weighted by Gasteiger charge is -2.07. The number of hydrogen-bond donors (Lipinski definition) is 1. The molecule has 0 aliphatic rings. The van der Waals surface area contributed by atoms with Gasteiger partial charge in [-0.3, -0.25) is 0 Å². The smallest absolute Gasteiger partial charge is 0.0768 e. The summed E-state index contributed by atoms with van der Waals surface area (Å²) in [6.45, 7) is 7.47. The maximum absolute atomic E-state index is 5.43. The third kappa shape index (κ3) is 6.14. The molecule has 0 unspecified atom stereocenters. The molecule has 0 fully saturated rings. The Bertz CT molecular complexity index is 251. The molecule has 0 saturated heterocycles. The Morgan fingerprint density at radius 3 is 3.00 bits per heavy atom. The Labute approximate surface area is 91.1 Å². The zero-order chi connectivity index (χ0) is 10.9. The van der Waals surface area contributed by atoms with E-state index in [-0.39, 0.29) is 0 Å². The van der Waals surface area contributed by atoms with E-state index in [1.54, 1.807) is 6.20 Å². The van der Waals surface area contributed by atoms with Gasteiger partial charge in [0.1, 0.15) is 0 Å². The van der Waals surface area contributed by atoms with Crippen molar-refractivity contribution in [1.82, 2.24) is 15.5 Å². The van der Waals surface area contributed by atoms with Crippen LogP contribution >= 0.6 is 0 Å². The quantitative estimate of drug-likeness (QED) is 0.686. The van der Waals surface area contributed by atoms with Crippen molar-refractivity contribution in [2.24, 2.45) is 5.92 Å². The van der Waals surface area contributed by atoms with Crippen molar-refractivity contribution in [2.45, 2.75) is 20.4 Å². The second kappa shape index (κ2) is 7.31. The maximum Gasteiger partial charge on any atom is 0.0768 e. The molecule has 15 heavy (non-hydrogen) atoms. The highest BCUT2D eigenvalue weighted by atomic mass is 16.5. The van der Waals surface area contributed by atoms with Gasteiger partial charge in [0.2, 0.25) is 0 Å². The van der Waals surface area contributed by atoms with Crippen LogP contribution in [-0.4, -0.2) is 30.0 Å². The summed E-state index contributed by atoms with van der Waals surface area (Å²) in [7, 11) is 0. The van der Waals surface area contributed by atoms with Crippen LogP contribution in [0.1, 0.15) is 19.5 Å². The molecule has 0 saturated carbocycles. The molecule has 1 N–H and O–H groups in total. The summed E-state index contributed by atoms with van der Waals surface area (Å²) in [5.41, 5.74) is 0.960. The first-order chi connectivity index (χ1) is 7.29. The van der Waals surface area contributed by atoms with Crippen molar-refractivity contribution in [3.8, 4) is 0 Å². The Hall–Kier alpha value is -1.00. The zero-order valence-electron chi connectivity index (χ0n) is 9.44. The molecule has 1 heterocycles. The second-order valence-corrected chi connectivity index (χ2v) is 3.86. The topological polar surface area (TPSA) is 47.0 Å². The fourth-order valence-electron chi connectivity index (χ4n) is 1.11. The third-order valence-corrected chi connectivity index (χ3v) is 1.81. The molecule has 0 amide bonds. The highest BCUT2D eigenvalue weighted by Gasteiger charge is 1.95. The summed E-state index contributed by atoms with van der Waals surface area (Å²) in [5.74, 6) is 0.602. The van der Waals surface area contributed by atoms with E-state index >= 15 is 0 Å². The SMILES string of the molecule is CC(C)COCCNCc1cccnn1. The van der Waals surface area contributed by atoms with Crippen LogP contribution in [0, 0.1) is 5.92 Å². The van der Waals surface area contributed by atoms with Gasteiger partial charge in [-0.15, -0.1) is 0 Å². The van der Waals surface area contributed by atoms with Crippen LogP contribution in [0.2, 0.25) is 0 Å². The predicted molar refractivity (Wildman–Crippen MR) is 59.4 cm³/mol. The third-order valence-electron chi connectivity index (χ3n) is 1.81. The second-order valence-electron chi connectivity index (χ2n) is 3.86. The molecular weight excluding hydrogens is 190 g/mol. The Balaban J connectivity index is 1.98. The van der Waals surface area contributed by atoms with Crippen LogP contribution in [0.5, 0.6) is 0 Å². The van der Waals surface area contributed by atoms with Crippen molar-refractivity contribution >= 4 is 0 Å². The molecule has 84 valence electrons. The first-order valence-electron chi connectivity index (χ1n) is 5.34. The zero-order valence-corrected chi connectivity index (χ0v) is 9.44. The molecular formula is C11H19N3O. The fraction of sp³-hybridized carbons (Fsp3) is 0.636. The van der Waals surface area contributed by atoms with Crippen molar-refractivity contribution in [3.05, 3.63) is 24.0 Å². The van der Waals surface area contributed by atoms with Crippen LogP contribution in [0.4, 0.5) is 0 Å². The minimum Gasteiger partial charge on any atom is -0.380 e. The van der Waals surface area contributed by atoms with E-state index in [4.69, 9.17) is 4.74 Å². The molecule has 0 radical (unpaired) electrons. The van der Waals surface area contributed by atoms with Gasteiger partial charge in [-0.1, -0.05) is 13.8 Å². The maximum atomic E-state index is 5.43. The molecule has 4 heteroatoms. The van der Waals surface area contributed by atoms with Crippen molar-refractivity contribution in [1.29, 1.82) is 0 Å². The number of hydrogen-bond acceptors (Lipinski definition) is 4. The van der Waals surface area contributed by atoms with Crippen molar-refractivity contribution in [3.63, 3.8) is 0 Å². The van der Waals surface area contributed by atoms with E-state index in [9.17, 15) is 0 Å². The van der Waals surface area contributed by atoms with Gasteiger partial charge in [0.25, 0.3) is 0 Å². The van der Waals surface area contributed by atoms with E-state index in [2.05, 4.69) is 29.4 Å². The van der Waals surface area contributed by atoms with Gasteiger partial charge in [0.15, 0.2) is 0 Å². The molecule has 0 bridgehead atoms. The lowest BCUT2D eigenvalue weighted by Crippen LogP contribution is -2.20. The summed E-state index contributed by atoms with van der Waals surface area (Å²) in [5, 5.41) is 11.0. The monoisotopic (exact) mass is 209 g/mol. The van der Waals surface area contributed by atoms with Crippen molar-refractivity contribution in [2.75, 3.05) is 19.8 Å². The van der Waals surface area contributed by atoms with Crippen LogP contribution in [0.3, 0.4) is 0 Å². The molecule has 1 aromatic heterocycles. The molecule has 0 atom stereocenters. The van der Waals surface area contributed by atoms with Gasteiger partial charge >= 0.3 is 0 Å². The first-order valence-corrected chi connectivity index (χ1v) is 5.34. The van der Waals surface area contributed by atoms with E-state index in [1.165, 1.54) is 0 Å². The van der Waals surface area contributed by atoms with Crippen LogP contribution in [0.25, 0.3) is 0 Å². The molecule has 4 nitrogen and oxygen atoms in total. The van der Waals surface area contributed by atoms with Crippen LogP contribution in [0.15, 0.2) is 18.3 Å². The minimum atomic E-state index is 0.602. The van der Waals surface area contributed by atoms with Crippen molar-refractivity contribution < 1.29 is 4.74 Å². The van der Waals surface area contributed by atoms with E-state index < -0.39 is 0 Å². The Morgan fingerprint density at radius 2 is 2.33 bits per heavy atom. The lowest BCUT2D eigenvalue weighted by molar-refractivity contribution is 0.111. The van der Waals surface area contributed by atoms with Gasteiger partial charge < -0.3 is 10.1 Å². The summed E-state index contributed by atoms with van der Waals surface area (Å²) < 4.78 is 5.43. The number of nitrogens with zero attached hydrogens (tertiary/aromatic N) is 2. The minimum absolute atomic E-state index is 0.602. The summed E-state index contributed by atoms with van der Waals surface area (Å²) in [6.07, 6.45) is 1.68. The summed E-state index contributed by atoms with van der Waals surface area (Å²) in [6, 6.07) is 3.84. The highest BCUT2D eigenvalue weighted by molar-refractivity contribution is 4.98. The van der Waals surface area contributed by atoms with Gasteiger partial charge in [-0.2, -0.15) is 10.2 Å². The van der Waals surface area contributed by atoms with Gasteiger partial charge in [-0.25, -0.2) is 0 Å².